The van der Waals surface area contributed by atoms with Crippen LogP contribution in [-0.2, 0) is 9.36 Å². The Bertz CT molecular complexity index is 216. The molecule has 0 radical (unpaired) electrons. The lowest BCUT2D eigenvalue weighted by Gasteiger charge is -2.19. The van der Waals surface area contributed by atoms with Crippen molar-refractivity contribution in [1.82, 2.24) is 9.57 Å². The molecule has 6 nitrogen and oxygen atoms in total. The second kappa shape index (κ2) is 9.78. The van der Waals surface area contributed by atoms with E-state index < -0.39 is 7.75 Å². The van der Waals surface area contributed by atoms with Gasteiger partial charge in [-0.25, -0.2) is 4.57 Å². The summed E-state index contributed by atoms with van der Waals surface area (Å²) in [7, 11) is -0.888. The molecule has 0 unspecified atom stereocenters. The third-order valence-corrected chi connectivity index (χ3v) is 2.70. The molecule has 0 aromatic carbocycles. The number of amides is 1. The van der Waals surface area contributed by atoms with Crippen molar-refractivity contribution in [1.29, 1.82) is 0 Å². The van der Waals surface area contributed by atoms with E-state index in [9.17, 15) is 9.36 Å². The zero-order valence-electron chi connectivity index (χ0n) is 10.5. The molecule has 0 atom stereocenters. The fourth-order valence-corrected chi connectivity index (χ4v) is 1.02. The van der Waals surface area contributed by atoms with Crippen LogP contribution in [0.25, 0.3) is 0 Å². The zero-order chi connectivity index (χ0) is 13.2. The third-order valence-electron chi connectivity index (χ3n) is 1.73. The summed E-state index contributed by atoms with van der Waals surface area (Å²) < 4.78 is 11.0. The van der Waals surface area contributed by atoms with Gasteiger partial charge in [0.1, 0.15) is 0 Å². The van der Waals surface area contributed by atoms with Crippen molar-refractivity contribution in [3.63, 3.8) is 0 Å². The van der Waals surface area contributed by atoms with Gasteiger partial charge < -0.3 is 14.7 Å². The van der Waals surface area contributed by atoms with Gasteiger partial charge in [0, 0.05) is 13.1 Å². The second-order valence-corrected chi connectivity index (χ2v) is 5.13. The van der Waals surface area contributed by atoms with Crippen LogP contribution in [0, 0.1) is 0 Å². The standard InChI is InChI=1S/C5H13N2O4P.C4H10/c1-6(2)3-4-7(5-8)12(9,10)11;1-3-4-2/h5H,3-4H2,1-2H3,(H2,9,10,11);3-4H2,1-2H3. The molecule has 0 rings (SSSR count). The van der Waals surface area contributed by atoms with Crippen molar-refractivity contribution in [3.8, 4) is 0 Å². The lowest BCUT2D eigenvalue weighted by molar-refractivity contribution is -0.115. The van der Waals surface area contributed by atoms with E-state index in [2.05, 4.69) is 13.8 Å². The van der Waals surface area contributed by atoms with Crippen LogP contribution >= 0.6 is 7.75 Å². The van der Waals surface area contributed by atoms with Crippen LogP contribution < -0.4 is 0 Å². The van der Waals surface area contributed by atoms with Crippen molar-refractivity contribution in [2.75, 3.05) is 27.2 Å². The second-order valence-electron chi connectivity index (χ2n) is 3.59. The van der Waals surface area contributed by atoms with E-state index in [4.69, 9.17) is 9.79 Å². The topological polar surface area (TPSA) is 81.1 Å². The molecule has 0 saturated heterocycles. The minimum Gasteiger partial charge on any atom is -0.308 e. The van der Waals surface area contributed by atoms with E-state index in [-0.39, 0.29) is 13.0 Å². The molecule has 16 heavy (non-hydrogen) atoms. The summed E-state index contributed by atoms with van der Waals surface area (Å²) in [5.74, 6) is 0. The number of unbranched alkanes of at least 4 members (excludes halogenated alkanes) is 1. The Hall–Kier alpha value is -0.420. The maximum atomic E-state index is 10.5. The van der Waals surface area contributed by atoms with Crippen molar-refractivity contribution in [2.45, 2.75) is 26.7 Å². The van der Waals surface area contributed by atoms with Gasteiger partial charge in [-0.2, -0.15) is 0 Å². The first kappa shape index (κ1) is 18.0. The molecule has 0 aliphatic heterocycles. The van der Waals surface area contributed by atoms with Crippen LogP contribution in [0.4, 0.5) is 0 Å². The van der Waals surface area contributed by atoms with Gasteiger partial charge in [-0.1, -0.05) is 26.7 Å². The first-order chi connectivity index (χ1) is 7.29. The van der Waals surface area contributed by atoms with Crippen LogP contribution in [0.15, 0.2) is 0 Å². The van der Waals surface area contributed by atoms with Gasteiger partial charge in [0.05, 0.1) is 0 Å². The van der Waals surface area contributed by atoms with Crippen LogP contribution in [0.2, 0.25) is 0 Å². The summed E-state index contributed by atoms with van der Waals surface area (Å²) in [6, 6.07) is 0. The molecule has 0 fully saturated rings. The smallest absolute Gasteiger partial charge is 0.308 e. The van der Waals surface area contributed by atoms with Gasteiger partial charge in [-0.15, -0.1) is 0 Å². The highest BCUT2D eigenvalue weighted by Gasteiger charge is 2.22. The van der Waals surface area contributed by atoms with Gasteiger partial charge >= 0.3 is 7.75 Å². The molecule has 0 spiro atoms. The maximum Gasteiger partial charge on any atom is 0.432 e. The number of nitrogens with zero attached hydrogens (tertiary/aromatic N) is 2. The van der Waals surface area contributed by atoms with E-state index in [1.807, 2.05) is 0 Å². The maximum absolute atomic E-state index is 10.5. The minimum atomic E-state index is -4.39. The molecular formula is C9H23N2O4P. The largest absolute Gasteiger partial charge is 0.432 e. The molecular weight excluding hydrogens is 231 g/mol. The number of hydrogen-bond donors (Lipinski definition) is 2. The molecule has 0 bridgehead atoms. The molecule has 7 heteroatoms. The van der Waals surface area contributed by atoms with Crippen molar-refractivity contribution < 1.29 is 19.1 Å². The van der Waals surface area contributed by atoms with Gasteiger partial charge in [0.25, 0.3) is 0 Å². The van der Waals surface area contributed by atoms with Gasteiger partial charge in [-0.3, -0.25) is 9.46 Å². The number of likely N-dealkylation sites (N-methyl/N-ethyl adjacent to an activating group) is 1. The highest BCUT2D eigenvalue weighted by atomic mass is 31.2. The summed E-state index contributed by atoms with van der Waals surface area (Å²) in [5, 5.41) is 0. The fourth-order valence-electron chi connectivity index (χ4n) is 0.547. The van der Waals surface area contributed by atoms with E-state index in [0.717, 1.165) is 0 Å². The average molecular weight is 254 g/mol. The fraction of sp³-hybridized carbons (Fsp3) is 0.889. The lowest BCUT2D eigenvalue weighted by Crippen LogP contribution is -2.28. The summed E-state index contributed by atoms with van der Waals surface area (Å²) >= 11 is 0. The van der Waals surface area contributed by atoms with Gasteiger partial charge in [0.2, 0.25) is 6.41 Å². The Morgan fingerprint density at radius 3 is 1.75 bits per heavy atom. The summed E-state index contributed by atoms with van der Waals surface area (Å²) in [4.78, 5) is 29.1. The molecule has 2 N–H and O–H groups in total. The lowest BCUT2D eigenvalue weighted by atomic mass is 10.4. The summed E-state index contributed by atoms with van der Waals surface area (Å²) in [6.45, 7) is 4.81. The molecule has 1 amide bonds. The minimum absolute atomic E-state index is 0.0285. The van der Waals surface area contributed by atoms with Crippen LogP contribution in [0.1, 0.15) is 26.7 Å². The van der Waals surface area contributed by atoms with Crippen molar-refractivity contribution in [2.24, 2.45) is 0 Å². The number of hydrogen-bond acceptors (Lipinski definition) is 3. The van der Waals surface area contributed by atoms with Gasteiger partial charge in [-0.05, 0) is 14.1 Å². The normalized spacial score (nSPS) is 10.7. The Morgan fingerprint density at radius 2 is 1.56 bits per heavy atom. The van der Waals surface area contributed by atoms with E-state index in [1.54, 1.807) is 19.0 Å². The average Bonchev–Trinajstić information content (AvgIpc) is 2.16. The Labute approximate surface area is 97.5 Å². The predicted octanol–water partition coefficient (Wildman–Crippen LogP) is 0.905. The highest BCUT2D eigenvalue weighted by Crippen LogP contribution is 2.37. The quantitative estimate of drug-likeness (QED) is 0.544. The zero-order valence-corrected chi connectivity index (χ0v) is 11.4. The predicted molar refractivity (Wildman–Crippen MR) is 64.0 cm³/mol. The van der Waals surface area contributed by atoms with Gasteiger partial charge in [0.15, 0.2) is 0 Å². The van der Waals surface area contributed by atoms with Crippen LogP contribution in [0.3, 0.4) is 0 Å². The van der Waals surface area contributed by atoms with E-state index in [0.29, 0.717) is 11.2 Å². The first-order valence-corrected chi connectivity index (χ1v) is 6.78. The molecule has 0 saturated carbocycles. The summed E-state index contributed by atoms with van der Waals surface area (Å²) in [5.41, 5.74) is 0. The highest BCUT2D eigenvalue weighted by molar-refractivity contribution is 7.49. The molecule has 98 valence electrons. The number of carbonyl (C=O) groups is 1. The van der Waals surface area contributed by atoms with E-state index in [1.165, 1.54) is 12.8 Å². The van der Waals surface area contributed by atoms with Crippen LogP contribution in [0.5, 0.6) is 0 Å². The first-order valence-electron chi connectivity index (χ1n) is 5.22. The molecule has 0 aliphatic carbocycles. The number of carbonyl (C=O) groups excluding carboxylic acids is 1. The Kier molecular flexibility index (Phi) is 11.0. The number of rotatable bonds is 6. The van der Waals surface area contributed by atoms with Crippen LogP contribution in [-0.4, -0.2) is 53.0 Å². The van der Waals surface area contributed by atoms with E-state index >= 15 is 0 Å². The monoisotopic (exact) mass is 254 g/mol. The molecule has 0 aliphatic rings. The third kappa shape index (κ3) is 11.7. The summed E-state index contributed by atoms with van der Waals surface area (Å²) in [6.07, 6.45) is 2.80. The SMILES string of the molecule is CCCC.CN(C)CCN(C=O)P(=O)(O)O. The molecule has 0 aromatic heterocycles. The molecule has 0 aromatic rings. The van der Waals surface area contributed by atoms with Crippen molar-refractivity contribution >= 4 is 14.2 Å². The van der Waals surface area contributed by atoms with Crippen molar-refractivity contribution in [3.05, 3.63) is 0 Å². The Morgan fingerprint density at radius 1 is 1.12 bits per heavy atom. The Balaban J connectivity index is 0. The molecule has 0 heterocycles.